The highest BCUT2D eigenvalue weighted by molar-refractivity contribution is 5.71. The number of hydrogen-bond acceptors (Lipinski definition) is 6. The van der Waals surface area contributed by atoms with Crippen molar-refractivity contribution >= 4 is 17.9 Å². The van der Waals surface area contributed by atoms with Crippen LogP contribution in [0.1, 0.15) is 201 Å². The first-order chi connectivity index (χ1) is 32.0. The van der Waals surface area contributed by atoms with Crippen molar-refractivity contribution in [1.82, 2.24) is 0 Å². The maximum absolute atomic E-state index is 12.8. The van der Waals surface area contributed by atoms with E-state index in [4.69, 9.17) is 14.2 Å². The van der Waals surface area contributed by atoms with Crippen molar-refractivity contribution in [3.8, 4) is 0 Å². The van der Waals surface area contributed by atoms with Crippen LogP contribution in [0.5, 0.6) is 0 Å². The zero-order valence-electron chi connectivity index (χ0n) is 41.4. The van der Waals surface area contributed by atoms with E-state index >= 15 is 0 Å². The summed E-state index contributed by atoms with van der Waals surface area (Å²) in [4.78, 5) is 38.0. The Morgan fingerprint density at radius 3 is 0.969 bits per heavy atom. The van der Waals surface area contributed by atoms with Gasteiger partial charge in [-0.1, -0.05) is 231 Å². The van der Waals surface area contributed by atoms with Gasteiger partial charge in [-0.05, 0) is 83.5 Å². The van der Waals surface area contributed by atoms with Gasteiger partial charge in [0.05, 0.1) is 0 Å². The molecule has 1 unspecified atom stereocenters. The molecule has 364 valence electrons. The van der Waals surface area contributed by atoms with E-state index < -0.39 is 6.10 Å². The molecule has 0 rings (SSSR count). The van der Waals surface area contributed by atoms with Gasteiger partial charge in [0.15, 0.2) is 6.10 Å². The molecular weight excluding hydrogens is 805 g/mol. The molecule has 0 amide bonds. The molecule has 0 spiro atoms. The Morgan fingerprint density at radius 1 is 0.323 bits per heavy atom. The van der Waals surface area contributed by atoms with E-state index in [0.29, 0.717) is 19.3 Å². The van der Waals surface area contributed by atoms with Crippen LogP contribution in [-0.4, -0.2) is 37.2 Å². The molecule has 1 atom stereocenters. The molecule has 0 aliphatic rings. The number of unbranched alkanes of at least 4 members (excludes halogenated alkanes) is 19. The molecule has 0 aliphatic heterocycles. The van der Waals surface area contributed by atoms with Crippen molar-refractivity contribution in [2.24, 2.45) is 0 Å². The van der Waals surface area contributed by atoms with Gasteiger partial charge in [-0.2, -0.15) is 0 Å². The highest BCUT2D eigenvalue weighted by atomic mass is 16.6. The van der Waals surface area contributed by atoms with Gasteiger partial charge >= 0.3 is 17.9 Å². The molecule has 6 nitrogen and oxygen atoms in total. The first-order valence-electron chi connectivity index (χ1n) is 25.8. The number of carbonyl (C=O) groups is 3. The Kier molecular flexibility index (Phi) is 48.6. The molecule has 0 bridgehead atoms. The molecule has 0 aromatic heterocycles. The quantitative estimate of drug-likeness (QED) is 0.0262. The minimum absolute atomic E-state index is 0.115. The van der Waals surface area contributed by atoms with E-state index in [-0.39, 0.29) is 37.5 Å². The molecule has 65 heavy (non-hydrogen) atoms. The zero-order valence-corrected chi connectivity index (χ0v) is 41.4. The SMILES string of the molecule is CC/C=C/C=C/C=C/C=C/C=C/CCCCCC(=O)OC(COC(=O)CCCCC/C=C/C=C/C=C/C=C/CC)COC(=O)CCCCCCCCCCCC/C=C/C=C/CCCCC. The molecule has 0 fully saturated rings. The maximum Gasteiger partial charge on any atom is 0.306 e. The average molecular weight is 897 g/mol. The van der Waals surface area contributed by atoms with Crippen LogP contribution in [0.15, 0.2) is 134 Å². The fraction of sp³-hybridized carbons (Fsp3) is 0.576. The van der Waals surface area contributed by atoms with E-state index in [1.165, 1.54) is 77.0 Å². The number of allylic oxidation sites excluding steroid dienone is 22. The summed E-state index contributed by atoms with van der Waals surface area (Å²) in [7, 11) is 0. The summed E-state index contributed by atoms with van der Waals surface area (Å²) < 4.78 is 16.7. The summed E-state index contributed by atoms with van der Waals surface area (Å²) in [6.07, 6.45) is 72.9. The predicted octanol–water partition coefficient (Wildman–Crippen LogP) is 17.1. The van der Waals surface area contributed by atoms with E-state index in [1.807, 2.05) is 85.1 Å². The summed E-state index contributed by atoms with van der Waals surface area (Å²) in [6.45, 7) is 6.23. The third-order valence-electron chi connectivity index (χ3n) is 10.4. The minimum atomic E-state index is -0.822. The first kappa shape index (κ1) is 60.5. The molecule has 0 saturated carbocycles. The highest BCUT2D eigenvalue weighted by Crippen LogP contribution is 2.14. The van der Waals surface area contributed by atoms with Crippen LogP contribution in [0, 0.1) is 0 Å². The van der Waals surface area contributed by atoms with Gasteiger partial charge in [0.1, 0.15) is 13.2 Å². The van der Waals surface area contributed by atoms with Gasteiger partial charge in [0.2, 0.25) is 0 Å². The van der Waals surface area contributed by atoms with E-state index in [2.05, 4.69) is 69.4 Å². The average Bonchev–Trinajstić information content (AvgIpc) is 3.30. The zero-order chi connectivity index (χ0) is 47.2. The van der Waals surface area contributed by atoms with Gasteiger partial charge in [-0.15, -0.1) is 0 Å². The molecule has 0 radical (unpaired) electrons. The Morgan fingerprint density at radius 2 is 0.600 bits per heavy atom. The normalized spacial score (nSPS) is 13.2. The fourth-order valence-electron chi connectivity index (χ4n) is 6.52. The molecule has 6 heteroatoms. The van der Waals surface area contributed by atoms with Gasteiger partial charge in [0.25, 0.3) is 0 Å². The summed E-state index contributed by atoms with van der Waals surface area (Å²) in [5.74, 6) is -1.01. The van der Waals surface area contributed by atoms with Gasteiger partial charge in [0, 0.05) is 19.3 Å². The van der Waals surface area contributed by atoms with Crippen LogP contribution in [0.2, 0.25) is 0 Å². The molecule has 0 aromatic rings. The molecule has 0 N–H and O–H groups in total. The third-order valence-corrected chi connectivity index (χ3v) is 10.4. The Hall–Kier alpha value is -4.45. The summed E-state index contributed by atoms with van der Waals surface area (Å²) in [6, 6.07) is 0. The predicted molar refractivity (Wildman–Crippen MR) is 279 cm³/mol. The van der Waals surface area contributed by atoms with E-state index in [9.17, 15) is 14.4 Å². The van der Waals surface area contributed by atoms with Crippen molar-refractivity contribution < 1.29 is 28.6 Å². The smallest absolute Gasteiger partial charge is 0.306 e. The Balaban J connectivity index is 4.51. The number of hydrogen-bond donors (Lipinski definition) is 0. The lowest BCUT2D eigenvalue weighted by atomic mass is 10.1. The standard InChI is InChI=1S/C59H92O6/c1-4-7-10-13-16-19-22-25-27-28-29-30-32-34-37-40-43-46-49-52-58(61)64-55-56(54-63-57(60)51-48-45-42-39-36-33-24-21-18-15-12-9-6-3)65-59(62)53-50-47-44-41-38-35-31-26-23-20-17-14-11-8-5-2/h8-9,11-12,14-26,31,33,35-36,38,56H,4-7,10,13,27-30,32,34,37,39-55H2,1-3H3/b11-8+,12-9+,17-14+,18-15+,19-16+,23-20+,24-21+,25-22+,31-26+,36-33+,38-35+. The molecule has 0 saturated heterocycles. The Labute approximate surface area is 398 Å². The first-order valence-corrected chi connectivity index (χ1v) is 25.8. The molecule has 0 aliphatic carbocycles. The van der Waals surface area contributed by atoms with E-state index in [1.54, 1.807) is 0 Å². The summed E-state index contributed by atoms with van der Waals surface area (Å²) >= 11 is 0. The van der Waals surface area contributed by atoms with Crippen molar-refractivity contribution in [3.05, 3.63) is 134 Å². The Bertz CT molecular complexity index is 1450. The van der Waals surface area contributed by atoms with Crippen LogP contribution in [-0.2, 0) is 28.6 Å². The number of rotatable bonds is 44. The second-order valence-electron chi connectivity index (χ2n) is 16.6. The minimum Gasteiger partial charge on any atom is -0.462 e. The summed E-state index contributed by atoms with van der Waals surface area (Å²) in [5.41, 5.74) is 0. The number of carbonyl (C=O) groups excluding carboxylic acids is 3. The highest BCUT2D eigenvalue weighted by Gasteiger charge is 2.19. The third kappa shape index (κ3) is 50.4. The monoisotopic (exact) mass is 897 g/mol. The van der Waals surface area contributed by atoms with Gasteiger partial charge < -0.3 is 14.2 Å². The van der Waals surface area contributed by atoms with Crippen LogP contribution in [0.25, 0.3) is 0 Å². The molecular formula is C59H92O6. The largest absolute Gasteiger partial charge is 0.462 e. The van der Waals surface area contributed by atoms with E-state index in [0.717, 1.165) is 77.0 Å². The van der Waals surface area contributed by atoms with Crippen molar-refractivity contribution in [3.63, 3.8) is 0 Å². The van der Waals surface area contributed by atoms with Gasteiger partial charge in [-0.3, -0.25) is 14.4 Å². The number of esters is 3. The lowest BCUT2D eigenvalue weighted by Crippen LogP contribution is -2.30. The topological polar surface area (TPSA) is 78.9 Å². The van der Waals surface area contributed by atoms with Crippen LogP contribution in [0.3, 0.4) is 0 Å². The van der Waals surface area contributed by atoms with Gasteiger partial charge in [-0.25, -0.2) is 0 Å². The lowest BCUT2D eigenvalue weighted by Gasteiger charge is -2.18. The molecule has 0 aromatic carbocycles. The lowest BCUT2D eigenvalue weighted by molar-refractivity contribution is -0.167. The fourth-order valence-corrected chi connectivity index (χ4v) is 6.52. The van der Waals surface area contributed by atoms with Crippen LogP contribution in [0.4, 0.5) is 0 Å². The van der Waals surface area contributed by atoms with Crippen LogP contribution < -0.4 is 0 Å². The second-order valence-corrected chi connectivity index (χ2v) is 16.6. The maximum atomic E-state index is 12.8. The second kappa shape index (κ2) is 52.2. The summed E-state index contributed by atoms with van der Waals surface area (Å²) in [5, 5.41) is 0. The van der Waals surface area contributed by atoms with Crippen molar-refractivity contribution in [1.29, 1.82) is 0 Å². The van der Waals surface area contributed by atoms with Crippen LogP contribution >= 0.6 is 0 Å². The van der Waals surface area contributed by atoms with Crippen molar-refractivity contribution in [2.45, 2.75) is 207 Å². The number of ether oxygens (including phenoxy) is 3. The molecule has 0 heterocycles. The van der Waals surface area contributed by atoms with Crippen molar-refractivity contribution in [2.75, 3.05) is 13.2 Å².